The van der Waals surface area contributed by atoms with Crippen molar-refractivity contribution < 1.29 is 45.7 Å². The van der Waals surface area contributed by atoms with Crippen molar-refractivity contribution in [2.24, 2.45) is 11.3 Å². The Hall–Kier alpha value is -5.01. The number of amides is 1. The molecule has 2 aromatic carbocycles. The first-order chi connectivity index (χ1) is 29.5. The van der Waals surface area contributed by atoms with E-state index >= 15 is 8.78 Å². The smallest absolute Gasteiger partial charge is 0.410 e. The SMILES string of the molecule is C#Cc1c(F)ccc2cc(OCOC)cc(-c3nc4c5c(nc(OCC6(CN7CCC(CC(F)(F)F)CC7)CC6)nc5c3F)N3C[C@@H](CC)N(C(=O)OC(C)(C)C)CC3CC4)c12. The van der Waals surface area contributed by atoms with Gasteiger partial charge in [-0.25, -0.2) is 18.6 Å². The van der Waals surface area contributed by atoms with Crippen LogP contribution in [0.15, 0.2) is 24.3 Å². The van der Waals surface area contributed by atoms with E-state index in [1.54, 1.807) is 23.1 Å². The van der Waals surface area contributed by atoms with E-state index in [1.165, 1.54) is 13.2 Å². The molecule has 2 aromatic heterocycles. The van der Waals surface area contributed by atoms with Gasteiger partial charge in [0, 0.05) is 55.6 Å². The van der Waals surface area contributed by atoms with Gasteiger partial charge in [0.05, 0.1) is 29.3 Å². The number of hydrogen-bond donors (Lipinski definition) is 0. The van der Waals surface area contributed by atoms with Gasteiger partial charge in [-0.3, -0.25) is 0 Å². The summed E-state index contributed by atoms with van der Waals surface area (Å²) in [7, 11) is 1.47. The Labute approximate surface area is 358 Å². The number of hydrogen-bond acceptors (Lipinski definition) is 10. The number of piperazine rings is 1. The van der Waals surface area contributed by atoms with Crippen molar-refractivity contribution in [3.63, 3.8) is 0 Å². The molecule has 3 fully saturated rings. The monoisotopic (exact) mass is 864 g/mol. The number of methoxy groups -OCH3 is 1. The summed E-state index contributed by atoms with van der Waals surface area (Å²) in [6.45, 7) is 10.2. The minimum atomic E-state index is -4.17. The van der Waals surface area contributed by atoms with Crippen LogP contribution in [0.2, 0.25) is 0 Å². The number of piperidine rings is 1. The normalized spacial score (nSPS) is 20.5. The van der Waals surface area contributed by atoms with Gasteiger partial charge in [-0.15, -0.1) is 6.42 Å². The maximum atomic E-state index is 17.7. The van der Waals surface area contributed by atoms with E-state index in [0.717, 1.165) is 12.8 Å². The fourth-order valence-electron chi connectivity index (χ4n) is 9.33. The molecule has 3 aliphatic heterocycles. The number of carbonyl (C=O) groups is 1. The van der Waals surface area contributed by atoms with Gasteiger partial charge in [-0.1, -0.05) is 18.9 Å². The minimum absolute atomic E-state index is 0.0279. The fraction of sp³-hybridized carbons (Fsp3) is 0.565. The first-order valence-electron chi connectivity index (χ1n) is 21.4. The zero-order valence-electron chi connectivity index (χ0n) is 35.8. The van der Waals surface area contributed by atoms with Gasteiger partial charge in [0.1, 0.15) is 34.2 Å². The Morgan fingerprint density at radius 3 is 2.42 bits per heavy atom. The molecule has 2 atom stereocenters. The highest BCUT2D eigenvalue weighted by Gasteiger charge is 2.46. The molecule has 16 heteroatoms. The van der Waals surface area contributed by atoms with Crippen LogP contribution in [0.1, 0.15) is 83.9 Å². The minimum Gasteiger partial charge on any atom is -0.468 e. The predicted octanol–water partition coefficient (Wildman–Crippen LogP) is 9.06. The van der Waals surface area contributed by atoms with Crippen LogP contribution in [0.25, 0.3) is 32.9 Å². The summed E-state index contributed by atoms with van der Waals surface area (Å²) in [5.41, 5.74) is -0.406. The molecule has 5 heterocycles. The van der Waals surface area contributed by atoms with Crippen molar-refractivity contribution >= 4 is 33.6 Å². The van der Waals surface area contributed by atoms with Gasteiger partial charge >= 0.3 is 18.3 Å². The summed E-state index contributed by atoms with van der Waals surface area (Å²) in [5.74, 6) is 1.41. The summed E-state index contributed by atoms with van der Waals surface area (Å²) < 4.78 is 95.6. The zero-order chi connectivity index (χ0) is 44.1. The average molecular weight is 865 g/mol. The first-order valence-corrected chi connectivity index (χ1v) is 21.4. The number of rotatable bonds is 11. The molecule has 8 rings (SSSR count). The van der Waals surface area contributed by atoms with E-state index in [-0.39, 0.29) is 70.6 Å². The van der Waals surface area contributed by atoms with Crippen LogP contribution < -0.4 is 14.4 Å². The van der Waals surface area contributed by atoms with E-state index in [0.29, 0.717) is 92.9 Å². The molecule has 11 nitrogen and oxygen atoms in total. The summed E-state index contributed by atoms with van der Waals surface area (Å²) in [6, 6.07) is 5.51. The second-order valence-corrected chi connectivity index (χ2v) is 18.3. The lowest BCUT2D eigenvalue weighted by molar-refractivity contribution is -0.147. The summed E-state index contributed by atoms with van der Waals surface area (Å²) in [5, 5.41) is 1.21. The van der Waals surface area contributed by atoms with Crippen LogP contribution in [0.3, 0.4) is 0 Å². The standard InChI is InChI=1S/C46H53F5N6O5/c1-7-29-22-56-30(23-57(29)43(58)62-44(3,4)5)10-12-35-37-40(38(48)39(52-35)33-20-31(61-26-59-6)19-28-9-11-34(47)32(8-2)36(28)33)53-42(54-41(37)56)60-25-45(15-16-45)24-55-17-13-27(14-18-55)21-46(49,50)51/h2,9,11,19-20,27,29-30H,7,10,12-18,21-26H2,1,3-6H3/t29-,30?/m1/s1. The van der Waals surface area contributed by atoms with E-state index in [4.69, 9.17) is 40.3 Å². The topological polar surface area (TPSA) is 102 Å². The zero-order valence-corrected chi connectivity index (χ0v) is 35.8. The van der Waals surface area contributed by atoms with Gasteiger partial charge in [0.25, 0.3) is 0 Å². The highest BCUT2D eigenvalue weighted by Crippen LogP contribution is 2.48. The third-order valence-electron chi connectivity index (χ3n) is 12.6. The van der Waals surface area contributed by atoms with Crippen LogP contribution in [0.5, 0.6) is 11.8 Å². The molecule has 4 aromatic rings. The second-order valence-electron chi connectivity index (χ2n) is 18.3. The molecule has 1 unspecified atom stereocenters. The number of terminal acetylenes is 1. The summed E-state index contributed by atoms with van der Waals surface area (Å²) >= 11 is 0. The number of likely N-dealkylation sites (tertiary alicyclic amines) is 1. The van der Waals surface area contributed by atoms with E-state index < -0.39 is 35.9 Å². The molecule has 0 spiro atoms. The lowest BCUT2D eigenvalue weighted by Crippen LogP contribution is -2.60. The summed E-state index contributed by atoms with van der Waals surface area (Å²) in [6.07, 6.45) is 4.75. The van der Waals surface area contributed by atoms with Crippen molar-refractivity contribution in [1.29, 1.82) is 0 Å². The Bertz CT molecular complexity index is 2390. The third-order valence-corrected chi connectivity index (χ3v) is 12.6. The van der Waals surface area contributed by atoms with Crippen LogP contribution >= 0.6 is 0 Å². The highest BCUT2D eigenvalue weighted by atomic mass is 19.4. The number of carbonyl (C=O) groups excluding carboxylic acids is 1. The Kier molecular flexibility index (Phi) is 11.9. The van der Waals surface area contributed by atoms with Crippen molar-refractivity contribution in [2.45, 2.75) is 103 Å². The number of aromatic nitrogens is 3. The molecule has 332 valence electrons. The number of ether oxygens (including phenoxy) is 4. The summed E-state index contributed by atoms with van der Waals surface area (Å²) in [4.78, 5) is 34.4. The van der Waals surface area contributed by atoms with Gasteiger partial charge in [-0.05, 0) is 108 Å². The predicted molar refractivity (Wildman–Crippen MR) is 224 cm³/mol. The molecule has 2 saturated heterocycles. The molecule has 0 radical (unpaired) electrons. The van der Waals surface area contributed by atoms with Gasteiger partial charge in [-0.2, -0.15) is 23.1 Å². The molecular weight excluding hydrogens is 812 g/mol. The number of aryl methyl sites for hydroxylation is 1. The average Bonchev–Trinajstić information content (AvgIpc) is 4.01. The van der Waals surface area contributed by atoms with Crippen molar-refractivity contribution in [3.05, 3.63) is 47.2 Å². The number of halogens is 5. The van der Waals surface area contributed by atoms with E-state index in [2.05, 4.69) is 15.7 Å². The van der Waals surface area contributed by atoms with Crippen LogP contribution in [0, 0.1) is 35.3 Å². The molecule has 1 aliphatic carbocycles. The Morgan fingerprint density at radius 2 is 1.76 bits per heavy atom. The number of anilines is 1. The fourth-order valence-corrected chi connectivity index (χ4v) is 9.33. The quantitative estimate of drug-likeness (QED) is 0.0825. The molecular formula is C46H53F5N6O5. The second kappa shape index (κ2) is 16.9. The Balaban J connectivity index is 1.20. The van der Waals surface area contributed by atoms with E-state index in [9.17, 15) is 18.0 Å². The molecule has 4 aliphatic rings. The van der Waals surface area contributed by atoms with Crippen molar-refractivity contribution in [2.75, 3.05) is 58.1 Å². The molecule has 62 heavy (non-hydrogen) atoms. The number of nitrogens with zero attached hydrogens (tertiary/aromatic N) is 6. The molecule has 1 saturated carbocycles. The van der Waals surface area contributed by atoms with Crippen LogP contribution in [-0.2, 0) is 15.9 Å². The lowest BCUT2D eigenvalue weighted by atomic mass is 9.92. The van der Waals surface area contributed by atoms with Gasteiger partial charge in [0.15, 0.2) is 12.6 Å². The van der Waals surface area contributed by atoms with Crippen LogP contribution in [-0.4, -0.2) is 108 Å². The van der Waals surface area contributed by atoms with Crippen molar-refractivity contribution in [3.8, 4) is 35.4 Å². The highest BCUT2D eigenvalue weighted by molar-refractivity contribution is 6.03. The van der Waals surface area contributed by atoms with Gasteiger partial charge in [0.2, 0.25) is 0 Å². The number of benzene rings is 2. The lowest BCUT2D eigenvalue weighted by Gasteiger charge is -2.46. The maximum absolute atomic E-state index is 17.7. The van der Waals surface area contributed by atoms with E-state index in [1.807, 2.05) is 27.7 Å². The number of alkyl halides is 3. The van der Waals surface area contributed by atoms with Crippen LogP contribution in [0.4, 0.5) is 32.6 Å². The number of fused-ring (bicyclic) bond motifs is 3. The molecule has 0 N–H and O–H groups in total. The maximum Gasteiger partial charge on any atom is 0.410 e. The Morgan fingerprint density at radius 1 is 1.00 bits per heavy atom. The first kappa shape index (κ1) is 43.6. The molecule has 0 bridgehead atoms. The van der Waals surface area contributed by atoms with Crippen molar-refractivity contribution in [1.82, 2.24) is 24.8 Å². The largest absolute Gasteiger partial charge is 0.468 e. The third kappa shape index (κ3) is 9.06. The molecule has 1 amide bonds. The number of pyridine rings is 1. The van der Waals surface area contributed by atoms with Gasteiger partial charge < -0.3 is 33.6 Å².